The Balaban J connectivity index is 3.50. The Kier molecular flexibility index (Phi) is 4.84. The SMILES string of the molecule is CCCC[C@H](NF)C(=O)O. The fraction of sp³-hybridized carbons (Fsp3) is 0.833. The van der Waals surface area contributed by atoms with E-state index in [4.69, 9.17) is 5.11 Å². The zero-order chi connectivity index (χ0) is 7.98. The van der Waals surface area contributed by atoms with Crippen LogP contribution in [-0.4, -0.2) is 17.1 Å². The summed E-state index contributed by atoms with van der Waals surface area (Å²) in [5.74, 6) is -1.13. The molecule has 0 fully saturated rings. The normalized spacial score (nSPS) is 13.0. The third-order valence-corrected chi connectivity index (χ3v) is 1.28. The monoisotopic (exact) mass is 149 g/mol. The lowest BCUT2D eigenvalue weighted by atomic mass is 10.1. The summed E-state index contributed by atoms with van der Waals surface area (Å²) in [6.45, 7) is 1.93. The lowest BCUT2D eigenvalue weighted by molar-refractivity contribution is -0.141. The number of carboxylic acid groups (broad SMARTS) is 1. The maximum Gasteiger partial charge on any atom is 0.323 e. The molecule has 0 aromatic heterocycles. The predicted octanol–water partition coefficient (Wildman–Crippen LogP) is 1.10. The summed E-state index contributed by atoms with van der Waals surface area (Å²) in [5.41, 5.74) is 1.24. The van der Waals surface area contributed by atoms with Crippen LogP contribution in [0.5, 0.6) is 0 Å². The Labute approximate surface area is 59.2 Å². The number of hydrogen-bond acceptors (Lipinski definition) is 2. The molecule has 0 aromatic rings. The maximum absolute atomic E-state index is 11.6. The molecule has 0 bridgehead atoms. The number of halogens is 1. The molecule has 0 aliphatic carbocycles. The van der Waals surface area contributed by atoms with E-state index in [1.54, 1.807) is 0 Å². The highest BCUT2D eigenvalue weighted by molar-refractivity contribution is 5.73. The van der Waals surface area contributed by atoms with Crippen LogP contribution in [0.4, 0.5) is 4.48 Å². The highest BCUT2D eigenvalue weighted by Crippen LogP contribution is 2.00. The molecule has 0 spiro atoms. The van der Waals surface area contributed by atoms with Gasteiger partial charge in [-0.3, -0.25) is 4.79 Å². The molecular formula is C6H12FNO2. The fourth-order valence-corrected chi connectivity index (χ4v) is 0.633. The Hall–Kier alpha value is -0.640. The topological polar surface area (TPSA) is 49.3 Å². The molecule has 10 heavy (non-hydrogen) atoms. The van der Waals surface area contributed by atoms with Crippen LogP contribution in [0.2, 0.25) is 0 Å². The molecule has 0 heterocycles. The first-order valence-corrected chi connectivity index (χ1v) is 3.31. The Bertz CT molecular complexity index is 108. The van der Waals surface area contributed by atoms with E-state index in [1.807, 2.05) is 6.92 Å². The van der Waals surface area contributed by atoms with Crippen molar-refractivity contribution in [1.82, 2.24) is 5.54 Å². The zero-order valence-corrected chi connectivity index (χ0v) is 5.93. The van der Waals surface area contributed by atoms with Crippen LogP contribution in [-0.2, 0) is 4.79 Å². The first-order chi connectivity index (χ1) is 4.72. The van der Waals surface area contributed by atoms with Gasteiger partial charge in [-0.05, 0) is 6.42 Å². The van der Waals surface area contributed by atoms with Gasteiger partial charge >= 0.3 is 5.97 Å². The Morgan fingerprint density at radius 2 is 2.40 bits per heavy atom. The molecule has 1 atom stereocenters. The maximum atomic E-state index is 11.6. The summed E-state index contributed by atoms with van der Waals surface area (Å²) in [5, 5.41) is 8.30. The van der Waals surface area contributed by atoms with Crippen molar-refractivity contribution in [2.24, 2.45) is 0 Å². The van der Waals surface area contributed by atoms with Crippen LogP contribution in [0.25, 0.3) is 0 Å². The lowest BCUT2D eigenvalue weighted by Gasteiger charge is -2.05. The van der Waals surface area contributed by atoms with Gasteiger partial charge in [0, 0.05) is 0 Å². The number of carbonyl (C=O) groups is 1. The molecule has 0 aliphatic rings. The molecule has 2 N–H and O–H groups in total. The minimum absolute atomic E-state index is 0.350. The Morgan fingerprint density at radius 3 is 2.70 bits per heavy atom. The van der Waals surface area contributed by atoms with Gasteiger partial charge < -0.3 is 5.11 Å². The molecule has 4 heteroatoms. The average Bonchev–Trinajstić information content (AvgIpc) is 1.89. The van der Waals surface area contributed by atoms with E-state index < -0.39 is 12.0 Å². The van der Waals surface area contributed by atoms with E-state index in [9.17, 15) is 9.28 Å². The molecule has 0 aromatic carbocycles. The molecule has 0 amide bonds. The molecule has 0 saturated heterocycles. The number of aliphatic carboxylic acids is 1. The van der Waals surface area contributed by atoms with Gasteiger partial charge in [0.15, 0.2) is 0 Å². The van der Waals surface area contributed by atoms with E-state index in [1.165, 1.54) is 5.54 Å². The van der Waals surface area contributed by atoms with Crippen molar-refractivity contribution in [3.05, 3.63) is 0 Å². The molecule has 0 radical (unpaired) electrons. The highest BCUT2D eigenvalue weighted by atomic mass is 19.2. The third-order valence-electron chi connectivity index (χ3n) is 1.28. The minimum Gasteiger partial charge on any atom is -0.480 e. The van der Waals surface area contributed by atoms with Gasteiger partial charge in [0.2, 0.25) is 0 Å². The van der Waals surface area contributed by atoms with Gasteiger partial charge in [-0.25, -0.2) is 0 Å². The summed E-state index contributed by atoms with van der Waals surface area (Å²) >= 11 is 0. The molecule has 60 valence electrons. The smallest absolute Gasteiger partial charge is 0.323 e. The molecule has 0 rings (SSSR count). The van der Waals surface area contributed by atoms with Crippen molar-refractivity contribution in [1.29, 1.82) is 0 Å². The number of nitrogens with one attached hydrogen (secondary N) is 1. The minimum atomic E-state index is -1.13. The van der Waals surface area contributed by atoms with Crippen molar-refractivity contribution < 1.29 is 14.4 Å². The van der Waals surface area contributed by atoms with E-state index in [-0.39, 0.29) is 0 Å². The molecule has 0 unspecified atom stereocenters. The quantitative estimate of drug-likeness (QED) is 0.575. The van der Waals surface area contributed by atoms with Crippen LogP contribution in [0.1, 0.15) is 26.2 Å². The van der Waals surface area contributed by atoms with Gasteiger partial charge in [-0.2, -0.15) is 0 Å². The van der Waals surface area contributed by atoms with Crippen LogP contribution < -0.4 is 5.54 Å². The summed E-state index contributed by atoms with van der Waals surface area (Å²) in [6, 6.07) is -1.03. The van der Waals surface area contributed by atoms with Crippen LogP contribution in [0.3, 0.4) is 0 Å². The fourth-order valence-electron chi connectivity index (χ4n) is 0.633. The number of carboxylic acids is 1. The lowest BCUT2D eigenvalue weighted by Crippen LogP contribution is -2.30. The van der Waals surface area contributed by atoms with Gasteiger partial charge in [-0.1, -0.05) is 19.8 Å². The largest absolute Gasteiger partial charge is 0.480 e. The number of rotatable bonds is 5. The highest BCUT2D eigenvalue weighted by Gasteiger charge is 2.14. The van der Waals surface area contributed by atoms with Crippen LogP contribution >= 0.6 is 0 Å². The van der Waals surface area contributed by atoms with Crippen molar-refractivity contribution in [3.63, 3.8) is 0 Å². The number of hydrogen-bond donors (Lipinski definition) is 2. The second kappa shape index (κ2) is 5.17. The van der Waals surface area contributed by atoms with Gasteiger partial charge in [-0.15, -0.1) is 10.0 Å². The second-order valence-electron chi connectivity index (χ2n) is 2.14. The van der Waals surface area contributed by atoms with Crippen molar-refractivity contribution in [2.75, 3.05) is 0 Å². The number of unbranched alkanes of at least 4 members (excludes halogenated alkanes) is 1. The van der Waals surface area contributed by atoms with Crippen LogP contribution in [0.15, 0.2) is 0 Å². The third kappa shape index (κ3) is 3.40. The molecule has 0 saturated carbocycles. The van der Waals surface area contributed by atoms with Gasteiger partial charge in [0.05, 0.1) is 0 Å². The molecule has 3 nitrogen and oxygen atoms in total. The summed E-state index contributed by atoms with van der Waals surface area (Å²) in [6.07, 6.45) is 1.96. The van der Waals surface area contributed by atoms with E-state index in [2.05, 4.69) is 0 Å². The summed E-state index contributed by atoms with van der Waals surface area (Å²) in [4.78, 5) is 10.1. The molecular weight excluding hydrogens is 137 g/mol. The van der Waals surface area contributed by atoms with Crippen LogP contribution in [0, 0.1) is 0 Å². The summed E-state index contributed by atoms with van der Waals surface area (Å²) in [7, 11) is 0. The first kappa shape index (κ1) is 9.36. The van der Waals surface area contributed by atoms with Gasteiger partial charge in [0.25, 0.3) is 0 Å². The van der Waals surface area contributed by atoms with E-state index in [0.717, 1.165) is 12.8 Å². The van der Waals surface area contributed by atoms with E-state index >= 15 is 0 Å². The Morgan fingerprint density at radius 1 is 1.80 bits per heavy atom. The second-order valence-corrected chi connectivity index (χ2v) is 2.14. The van der Waals surface area contributed by atoms with Crippen molar-refractivity contribution in [2.45, 2.75) is 32.2 Å². The average molecular weight is 149 g/mol. The standard InChI is InChI=1S/C6H12FNO2/c1-2-3-4-5(8-7)6(9)10/h5,8H,2-4H2,1H3,(H,9,10)/t5-/m0/s1. The predicted molar refractivity (Wildman–Crippen MR) is 35.2 cm³/mol. The zero-order valence-electron chi connectivity index (χ0n) is 5.93. The van der Waals surface area contributed by atoms with Crippen molar-refractivity contribution in [3.8, 4) is 0 Å². The van der Waals surface area contributed by atoms with Crippen molar-refractivity contribution >= 4 is 5.97 Å². The van der Waals surface area contributed by atoms with E-state index in [0.29, 0.717) is 6.42 Å². The molecule has 0 aliphatic heterocycles. The van der Waals surface area contributed by atoms with Gasteiger partial charge in [0.1, 0.15) is 6.04 Å². The summed E-state index contributed by atoms with van der Waals surface area (Å²) < 4.78 is 11.6. The first-order valence-electron chi connectivity index (χ1n) is 3.31.